The molecule has 0 saturated carbocycles. The molecule has 0 amide bonds. The molecule has 0 aliphatic carbocycles. The van der Waals surface area contributed by atoms with Gasteiger partial charge < -0.3 is 19.5 Å². The molecule has 1 aromatic rings. The molecule has 3 rings (SSSR count). The molecule has 0 unspecified atom stereocenters. The minimum atomic E-state index is -0.329. The first-order valence-electron chi connectivity index (χ1n) is 8.51. The van der Waals surface area contributed by atoms with Crippen molar-refractivity contribution < 1.29 is 14.6 Å². The number of likely N-dealkylation sites (tertiary alicyclic amines) is 1. The monoisotopic (exact) mass is 325 g/mol. The molecule has 5 heteroatoms. The summed E-state index contributed by atoms with van der Waals surface area (Å²) in [5, 5.41) is 12.5. The van der Waals surface area contributed by atoms with Crippen molar-refractivity contribution >= 4 is 11.3 Å². The minimum absolute atomic E-state index is 0.0221. The Balaban J connectivity index is 1.55. The molecule has 0 radical (unpaired) electrons. The number of nitrogens with zero attached hydrogens (tertiary/aromatic N) is 1. The van der Waals surface area contributed by atoms with Crippen LogP contribution in [0.3, 0.4) is 0 Å². The van der Waals surface area contributed by atoms with Crippen LogP contribution in [0.2, 0.25) is 0 Å². The van der Waals surface area contributed by atoms with Crippen LogP contribution >= 0.6 is 11.3 Å². The molecular formula is C17H27NO3S. The molecule has 2 atom stereocenters. The zero-order valence-electron chi connectivity index (χ0n) is 13.2. The number of hydrogen-bond donors (Lipinski definition) is 1. The topological polar surface area (TPSA) is 41.9 Å². The Morgan fingerprint density at radius 3 is 2.91 bits per heavy atom. The fourth-order valence-electron chi connectivity index (χ4n) is 3.50. The number of thiophene rings is 1. The van der Waals surface area contributed by atoms with E-state index in [9.17, 15) is 5.11 Å². The maximum Gasteiger partial charge on any atom is 0.159 e. The van der Waals surface area contributed by atoms with E-state index in [4.69, 9.17) is 9.47 Å². The highest BCUT2D eigenvalue weighted by atomic mass is 32.1. The number of aliphatic hydroxyl groups excluding tert-OH is 1. The van der Waals surface area contributed by atoms with E-state index in [1.807, 2.05) is 17.5 Å². The second-order valence-corrected chi connectivity index (χ2v) is 7.25. The van der Waals surface area contributed by atoms with Gasteiger partial charge in [0.2, 0.25) is 0 Å². The molecule has 3 heterocycles. The van der Waals surface area contributed by atoms with Gasteiger partial charge in [-0.25, -0.2) is 0 Å². The summed E-state index contributed by atoms with van der Waals surface area (Å²) in [5.74, 6) is 0. The van der Waals surface area contributed by atoms with E-state index in [-0.39, 0.29) is 12.4 Å². The molecule has 2 aliphatic rings. The summed E-state index contributed by atoms with van der Waals surface area (Å²) in [6.07, 6.45) is 6.45. The fraction of sp³-hybridized carbons (Fsp3) is 0.765. The van der Waals surface area contributed by atoms with Gasteiger partial charge in [-0.1, -0.05) is 18.9 Å². The highest BCUT2D eigenvalue weighted by Gasteiger charge is 2.26. The van der Waals surface area contributed by atoms with Crippen molar-refractivity contribution in [1.29, 1.82) is 0 Å². The second-order valence-electron chi connectivity index (χ2n) is 6.27. The summed E-state index contributed by atoms with van der Waals surface area (Å²) in [6.45, 7) is 3.59. The summed E-state index contributed by atoms with van der Waals surface area (Å²) in [6, 6.07) is 4.53. The van der Waals surface area contributed by atoms with Gasteiger partial charge >= 0.3 is 0 Å². The summed E-state index contributed by atoms with van der Waals surface area (Å²) in [7, 11) is 0. The van der Waals surface area contributed by atoms with Crippen molar-refractivity contribution in [3.05, 3.63) is 22.4 Å². The van der Waals surface area contributed by atoms with Gasteiger partial charge in [-0.05, 0) is 37.3 Å². The third kappa shape index (κ3) is 4.52. The van der Waals surface area contributed by atoms with Crippen LogP contribution in [0.15, 0.2) is 17.5 Å². The molecule has 1 aromatic heterocycles. The first-order valence-corrected chi connectivity index (χ1v) is 9.39. The second kappa shape index (κ2) is 8.41. The van der Waals surface area contributed by atoms with Crippen molar-refractivity contribution in [2.75, 3.05) is 26.3 Å². The first kappa shape index (κ1) is 16.4. The number of ether oxygens (including phenoxy) is 2. The Bertz CT molecular complexity index is 420. The van der Waals surface area contributed by atoms with Crippen LogP contribution < -0.4 is 0 Å². The predicted molar refractivity (Wildman–Crippen MR) is 88.0 cm³/mol. The Morgan fingerprint density at radius 2 is 2.14 bits per heavy atom. The highest BCUT2D eigenvalue weighted by molar-refractivity contribution is 7.10. The van der Waals surface area contributed by atoms with Gasteiger partial charge in [0.05, 0.1) is 19.3 Å². The zero-order chi connectivity index (χ0) is 15.2. The third-order valence-corrected chi connectivity index (χ3v) is 5.68. The molecule has 2 saturated heterocycles. The predicted octanol–water partition coefficient (Wildman–Crippen LogP) is 3.18. The summed E-state index contributed by atoms with van der Waals surface area (Å²) in [5.41, 5.74) is 0. The summed E-state index contributed by atoms with van der Waals surface area (Å²) >= 11 is 1.65. The van der Waals surface area contributed by atoms with Gasteiger partial charge in [0.25, 0.3) is 0 Å². The fourth-order valence-corrected chi connectivity index (χ4v) is 4.22. The lowest BCUT2D eigenvalue weighted by molar-refractivity contribution is -0.0542. The van der Waals surface area contributed by atoms with Crippen LogP contribution in [0.5, 0.6) is 0 Å². The van der Waals surface area contributed by atoms with Crippen LogP contribution in [0.25, 0.3) is 0 Å². The molecule has 2 fully saturated rings. The Hall–Kier alpha value is -0.460. The summed E-state index contributed by atoms with van der Waals surface area (Å²) in [4.78, 5) is 3.64. The van der Waals surface area contributed by atoms with Gasteiger partial charge in [-0.2, -0.15) is 0 Å². The lowest BCUT2D eigenvalue weighted by atomic mass is 10.0. The maximum atomic E-state index is 10.5. The van der Waals surface area contributed by atoms with E-state index >= 15 is 0 Å². The Kier molecular flexibility index (Phi) is 6.27. The van der Waals surface area contributed by atoms with E-state index in [0.717, 1.165) is 44.0 Å². The van der Waals surface area contributed by atoms with Gasteiger partial charge in [0, 0.05) is 23.9 Å². The average Bonchev–Trinajstić information content (AvgIpc) is 3.18. The molecule has 1 N–H and O–H groups in total. The van der Waals surface area contributed by atoms with Crippen LogP contribution in [0, 0.1) is 0 Å². The number of aliphatic hydroxyl groups is 1. The average molecular weight is 325 g/mol. The SMILES string of the molecule is O[C@@H](C[C@@H]1CCCCCN1CCC1OCCO1)c1cccs1. The zero-order valence-corrected chi connectivity index (χ0v) is 14.0. The molecule has 0 bridgehead atoms. The van der Waals surface area contributed by atoms with E-state index in [2.05, 4.69) is 4.90 Å². The van der Waals surface area contributed by atoms with Crippen LogP contribution in [0.1, 0.15) is 49.5 Å². The quantitative estimate of drug-likeness (QED) is 0.872. The van der Waals surface area contributed by atoms with E-state index < -0.39 is 0 Å². The van der Waals surface area contributed by atoms with Crippen LogP contribution in [-0.4, -0.2) is 48.6 Å². The van der Waals surface area contributed by atoms with E-state index in [1.54, 1.807) is 11.3 Å². The Labute approximate surface area is 137 Å². The van der Waals surface area contributed by atoms with Crippen molar-refractivity contribution in [2.45, 2.75) is 57.0 Å². The molecule has 0 spiro atoms. The van der Waals surface area contributed by atoms with Crippen LogP contribution in [0.4, 0.5) is 0 Å². The molecular weight excluding hydrogens is 298 g/mol. The third-order valence-electron chi connectivity index (χ3n) is 4.71. The Morgan fingerprint density at radius 1 is 1.27 bits per heavy atom. The van der Waals surface area contributed by atoms with Crippen molar-refractivity contribution in [2.24, 2.45) is 0 Å². The largest absolute Gasteiger partial charge is 0.388 e. The standard InChI is InChI=1S/C17H27NO3S/c19-15(16-6-4-12-22-16)13-14-5-2-1-3-8-18(14)9-7-17-20-10-11-21-17/h4,6,12,14-15,17,19H,1-3,5,7-11,13H2/t14-,15-/m0/s1. The van der Waals surface area contributed by atoms with Gasteiger partial charge in [-0.3, -0.25) is 0 Å². The van der Waals surface area contributed by atoms with Crippen molar-refractivity contribution in [3.63, 3.8) is 0 Å². The normalized spacial score (nSPS) is 26.1. The van der Waals surface area contributed by atoms with Gasteiger partial charge in [-0.15, -0.1) is 11.3 Å². The molecule has 4 nitrogen and oxygen atoms in total. The minimum Gasteiger partial charge on any atom is -0.388 e. The van der Waals surface area contributed by atoms with Gasteiger partial charge in [0.1, 0.15) is 0 Å². The summed E-state index contributed by atoms with van der Waals surface area (Å²) < 4.78 is 11.1. The van der Waals surface area contributed by atoms with E-state index in [1.165, 1.54) is 25.7 Å². The molecule has 22 heavy (non-hydrogen) atoms. The highest BCUT2D eigenvalue weighted by Crippen LogP contribution is 2.29. The van der Waals surface area contributed by atoms with Crippen LogP contribution in [-0.2, 0) is 9.47 Å². The van der Waals surface area contributed by atoms with Crippen molar-refractivity contribution in [3.8, 4) is 0 Å². The lowest BCUT2D eigenvalue weighted by Gasteiger charge is -2.31. The van der Waals surface area contributed by atoms with Crippen molar-refractivity contribution in [1.82, 2.24) is 4.90 Å². The number of rotatable bonds is 6. The number of hydrogen-bond acceptors (Lipinski definition) is 5. The van der Waals surface area contributed by atoms with Gasteiger partial charge in [0.15, 0.2) is 6.29 Å². The van der Waals surface area contributed by atoms with E-state index in [0.29, 0.717) is 6.04 Å². The molecule has 0 aromatic carbocycles. The first-order chi connectivity index (χ1) is 10.8. The smallest absolute Gasteiger partial charge is 0.159 e. The molecule has 124 valence electrons. The maximum absolute atomic E-state index is 10.5. The lowest BCUT2D eigenvalue weighted by Crippen LogP contribution is -2.38. The molecule has 2 aliphatic heterocycles.